The SMILES string of the molecule is CC(C)(C)n1cc(Nc2ncccc2[N+](=O)[O-])cn1. The van der Waals surface area contributed by atoms with Crippen molar-refractivity contribution in [1.82, 2.24) is 14.8 Å². The summed E-state index contributed by atoms with van der Waals surface area (Å²) >= 11 is 0. The quantitative estimate of drug-likeness (QED) is 0.678. The van der Waals surface area contributed by atoms with Crippen molar-refractivity contribution in [1.29, 1.82) is 0 Å². The zero-order valence-corrected chi connectivity index (χ0v) is 11.0. The largest absolute Gasteiger partial charge is 0.332 e. The minimum Gasteiger partial charge on any atom is -0.332 e. The summed E-state index contributed by atoms with van der Waals surface area (Å²) in [7, 11) is 0. The lowest BCUT2D eigenvalue weighted by molar-refractivity contribution is -0.384. The smallest absolute Gasteiger partial charge is 0.311 e. The molecule has 1 N–H and O–H groups in total. The third-order valence-electron chi connectivity index (χ3n) is 2.52. The average Bonchev–Trinajstić information content (AvgIpc) is 2.77. The highest BCUT2D eigenvalue weighted by molar-refractivity contribution is 5.64. The van der Waals surface area contributed by atoms with Gasteiger partial charge < -0.3 is 5.32 Å². The Morgan fingerprint density at radius 1 is 1.42 bits per heavy atom. The van der Waals surface area contributed by atoms with E-state index < -0.39 is 4.92 Å². The van der Waals surface area contributed by atoms with Crippen LogP contribution in [0, 0.1) is 10.1 Å². The minimum atomic E-state index is -0.469. The number of anilines is 2. The van der Waals surface area contributed by atoms with Gasteiger partial charge in [-0.15, -0.1) is 0 Å². The molecule has 0 aliphatic rings. The number of nitrogens with one attached hydrogen (secondary N) is 1. The molecule has 0 radical (unpaired) electrons. The van der Waals surface area contributed by atoms with E-state index in [1.165, 1.54) is 18.3 Å². The molecule has 2 aromatic heterocycles. The number of aromatic nitrogens is 3. The highest BCUT2D eigenvalue weighted by Gasteiger charge is 2.17. The van der Waals surface area contributed by atoms with Gasteiger partial charge in [-0.1, -0.05) is 0 Å². The van der Waals surface area contributed by atoms with E-state index in [0.717, 1.165) is 0 Å². The van der Waals surface area contributed by atoms with E-state index in [2.05, 4.69) is 15.4 Å². The van der Waals surface area contributed by atoms with Crippen molar-refractivity contribution in [2.75, 3.05) is 5.32 Å². The molecule has 0 bridgehead atoms. The van der Waals surface area contributed by atoms with Crippen LogP contribution in [0.25, 0.3) is 0 Å². The van der Waals surface area contributed by atoms with Crippen LogP contribution in [0.4, 0.5) is 17.2 Å². The Balaban J connectivity index is 2.27. The minimum absolute atomic E-state index is 0.0639. The molecule has 0 atom stereocenters. The van der Waals surface area contributed by atoms with Crippen LogP contribution in [0.2, 0.25) is 0 Å². The normalized spacial score (nSPS) is 11.3. The highest BCUT2D eigenvalue weighted by Crippen LogP contribution is 2.25. The molecule has 0 unspecified atom stereocenters. The van der Waals surface area contributed by atoms with Crippen LogP contribution in [-0.2, 0) is 5.54 Å². The van der Waals surface area contributed by atoms with Gasteiger partial charge >= 0.3 is 5.69 Å². The molecule has 0 aliphatic heterocycles. The lowest BCUT2D eigenvalue weighted by Crippen LogP contribution is -2.21. The van der Waals surface area contributed by atoms with Crippen molar-refractivity contribution in [2.45, 2.75) is 26.3 Å². The molecule has 0 amide bonds. The predicted octanol–water partition coefficient (Wildman–Crippen LogP) is 2.68. The maximum atomic E-state index is 10.9. The van der Waals surface area contributed by atoms with Gasteiger partial charge in [-0.05, 0) is 26.8 Å². The molecular weight excluding hydrogens is 246 g/mol. The molecule has 2 aromatic rings. The molecule has 100 valence electrons. The van der Waals surface area contributed by atoms with Crippen molar-refractivity contribution in [2.24, 2.45) is 0 Å². The van der Waals surface area contributed by atoms with Crippen LogP contribution >= 0.6 is 0 Å². The van der Waals surface area contributed by atoms with E-state index in [1.807, 2.05) is 20.8 Å². The number of nitro groups is 1. The number of hydrogen-bond acceptors (Lipinski definition) is 5. The summed E-state index contributed by atoms with van der Waals surface area (Å²) in [4.78, 5) is 14.4. The van der Waals surface area contributed by atoms with Crippen LogP contribution in [0.15, 0.2) is 30.7 Å². The van der Waals surface area contributed by atoms with E-state index in [4.69, 9.17) is 0 Å². The number of pyridine rings is 1. The molecule has 2 rings (SSSR count). The monoisotopic (exact) mass is 261 g/mol. The third-order valence-corrected chi connectivity index (χ3v) is 2.52. The Morgan fingerprint density at radius 3 is 2.74 bits per heavy atom. The fourth-order valence-corrected chi connectivity index (χ4v) is 1.53. The maximum absolute atomic E-state index is 10.9. The Bertz CT molecular complexity index is 600. The first-order chi connectivity index (χ1) is 8.88. The lowest BCUT2D eigenvalue weighted by atomic mass is 10.1. The summed E-state index contributed by atoms with van der Waals surface area (Å²) in [6.07, 6.45) is 4.91. The Hall–Kier alpha value is -2.44. The Labute approximate surface area is 110 Å². The van der Waals surface area contributed by atoms with E-state index in [1.54, 1.807) is 17.1 Å². The second-order valence-electron chi connectivity index (χ2n) is 5.10. The van der Waals surface area contributed by atoms with Crippen molar-refractivity contribution >= 4 is 17.2 Å². The predicted molar refractivity (Wildman–Crippen MR) is 71.4 cm³/mol. The van der Waals surface area contributed by atoms with Crippen molar-refractivity contribution < 1.29 is 4.92 Å². The summed E-state index contributed by atoms with van der Waals surface area (Å²) in [5.41, 5.74) is 0.457. The number of rotatable bonds is 3. The molecule has 7 heteroatoms. The number of nitrogens with zero attached hydrogens (tertiary/aromatic N) is 4. The molecule has 7 nitrogen and oxygen atoms in total. The Kier molecular flexibility index (Phi) is 3.20. The van der Waals surface area contributed by atoms with Crippen LogP contribution < -0.4 is 5.32 Å². The van der Waals surface area contributed by atoms with Crippen LogP contribution in [0.5, 0.6) is 0 Å². The summed E-state index contributed by atoms with van der Waals surface area (Å²) in [6, 6.07) is 2.94. The van der Waals surface area contributed by atoms with Gasteiger partial charge in [0.2, 0.25) is 5.82 Å². The number of hydrogen-bond donors (Lipinski definition) is 1. The van der Waals surface area contributed by atoms with E-state index in [-0.39, 0.29) is 17.0 Å². The van der Waals surface area contributed by atoms with E-state index in [0.29, 0.717) is 5.69 Å². The van der Waals surface area contributed by atoms with Gasteiger partial charge in [0, 0.05) is 18.5 Å². The second kappa shape index (κ2) is 4.68. The van der Waals surface area contributed by atoms with Gasteiger partial charge in [-0.3, -0.25) is 14.8 Å². The third kappa shape index (κ3) is 2.87. The first-order valence-corrected chi connectivity index (χ1v) is 5.79. The standard InChI is InChI=1S/C12H15N5O2/c1-12(2,3)16-8-9(7-14-16)15-11-10(17(18)19)5-4-6-13-11/h4-8H,1-3H3,(H,13,15). The van der Waals surface area contributed by atoms with Crippen LogP contribution in [0.1, 0.15) is 20.8 Å². The molecule has 0 saturated carbocycles. The van der Waals surface area contributed by atoms with Crippen molar-refractivity contribution in [3.63, 3.8) is 0 Å². The van der Waals surface area contributed by atoms with E-state index in [9.17, 15) is 10.1 Å². The van der Waals surface area contributed by atoms with Gasteiger partial charge in [0.1, 0.15) is 0 Å². The fraction of sp³-hybridized carbons (Fsp3) is 0.333. The molecule has 0 spiro atoms. The first kappa shape index (κ1) is 13.0. The molecule has 2 heterocycles. The fourth-order valence-electron chi connectivity index (χ4n) is 1.53. The molecule has 0 fully saturated rings. The zero-order chi connectivity index (χ0) is 14.0. The molecular formula is C12H15N5O2. The van der Waals surface area contributed by atoms with Crippen LogP contribution in [-0.4, -0.2) is 19.7 Å². The molecule has 0 saturated heterocycles. The average molecular weight is 261 g/mol. The van der Waals surface area contributed by atoms with E-state index >= 15 is 0 Å². The zero-order valence-electron chi connectivity index (χ0n) is 11.0. The first-order valence-electron chi connectivity index (χ1n) is 5.79. The lowest BCUT2D eigenvalue weighted by Gasteiger charge is -2.18. The summed E-state index contributed by atoms with van der Waals surface area (Å²) in [6.45, 7) is 6.06. The van der Waals surface area contributed by atoms with Gasteiger partial charge in [-0.25, -0.2) is 4.98 Å². The molecule has 0 aliphatic carbocycles. The Morgan fingerprint density at radius 2 is 2.16 bits per heavy atom. The van der Waals surface area contributed by atoms with Crippen molar-refractivity contribution in [3.05, 3.63) is 40.8 Å². The highest BCUT2D eigenvalue weighted by atomic mass is 16.6. The van der Waals surface area contributed by atoms with Gasteiger partial charge in [0.15, 0.2) is 0 Å². The van der Waals surface area contributed by atoms with Gasteiger partial charge in [0.05, 0.1) is 22.3 Å². The van der Waals surface area contributed by atoms with Crippen molar-refractivity contribution in [3.8, 4) is 0 Å². The summed E-state index contributed by atoms with van der Waals surface area (Å²) in [5, 5.41) is 18.0. The van der Waals surface area contributed by atoms with Gasteiger partial charge in [-0.2, -0.15) is 5.10 Å². The van der Waals surface area contributed by atoms with Gasteiger partial charge in [0.25, 0.3) is 0 Å². The summed E-state index contributed by atoms with van der Waals surface area (Å²) < 4.78 is 1.78. The molecule has 0 aromatic carbocycles. The topological polar surface area (TPSA) is 85.9 Å². The maximum Gasteiger partial charge on any atom is 0.311 e. The second-order valence-corrected chi connectivity index (χ2v) is 5.10. The summed E-state index contributed by atoms with van der Waals surface area (Å²) in [5.74, 6) is 0.209. The molecule has 19 heavy (non-hydrogen) atoms. The van der Waals surface area contributed by atoms with Crippen LogP contribution in [0.3, 0.4) is 0 Å².